The van der Waals surface area contributed by atoms with E-state index in [9.17, 15) is 4.79 Å². The van der Waals surface area contributed by atoms with Crippen molar-refractivity contribution in [2.75, 3.05) is 19.8 Å². The van der Waals surface area contributed by atoms with Crippen molar-refractivity contribution >= 4 is 5.91 Å². The van der Waals surface area contributed by atoms with Gasteiger partial charge in [-0.1, -0.05) is 0 Å². The van der Waals surface area contributed by atoms with Crippen LogP contribution in [-0.4, -0.2) is 35.6 Å². The molecule has 0 atom stereocenters. The Kier molecular flexibility index (Phi) is 4.66. The van der Waals surface area contributed by atoms with Gasteiger partial charge in [-0.3, -0.25) is 4.79 Å². The summed E-state index contributed by atoms with van der Waals surface area (Å²) < 4.78 is 4.95. The van der Waals surface area contributed by atoms with Crippen molar-refractivity contribution in [1.82, 2.24) is 15.3 Å². The zero-order chi connectivity index (χ0) is 10.2. The van der Waals surface area contributed by atoms with Crippen molar-refractivity contribution in [1.29, 1.82) is 0 Å². The smallest absolute Gasteiger partial charge is 0.243 e. The Morgan fingerprint density at radius 2 is 2.57 bits per heavy atom. The minimum absolute atomic E-state index is 0.0254. The van der Waals surface area contributed by atoms with Gasteiger partial charge in [0.15, 0.2) is 0 Å². The van der Waals surface area contributed by atoms with E-state index in [2.05, 4.69) is 15.3 Å². The first-order valence-corrected chi connectivity index (χ1v) is 4.34. The zero-order valence-corrected chi connectivity index (χ0v) is 7.82. The largest absolute Gasteiger partial charge is 0.370 e. The second kappa shape index (κ2) is 6.11. The quantitative estimate of drug-likeness (QED) is 0.490. The van der Waals surface area contributed by atoms with E-state index in [1.165, 1.54) is 0 Å². The van der Waals surface area contributed by atoms with Gasteiger partial charge in [-0.15, -0.1) is 0 Å². The highest BCUT2D eigenvalue weighted by molar-refractivity contribution is 5.74. The Morgan fingerprint density at radius 3 is 3.21 bits per heavy atom. The van der Waals surface area contributed by atoms with Gasteiger partial charge >= 0.3 is 0 Å². The zero-order valence-electron chi connectivity index (χ0n) is 7.82. The summed E-state index contributed by atoms with van der Waals surface area (Å²) in [6.45, 7) is 1.76. The fourth-order valence-electron chi connectivity index (χ4n) is 0.919. The maximum Gasteiger partial charge on any atom is 0.243 e. The number of hydrogen-bond acceptors (Lipinski definition) is 4. The van der Waals surface area contributed by atoms with Gasteiger partial charge in [0.25, 0.3) is 0 Å². The van der Waals surface area contributed by atoms with Crippen molar-refractivity contribution in [3.8, 4) is 0 Å². The third-order valence-electron chi connectivity index (χ3n) is 1.51. The number of H-pyrrole nitrogens is 1. The molecule has 0 aliphatic carbocycles. The number of rotatable bonds is 7. The standard InChI is InChI=1S/C8H14N4O2/c9-7(13)6-14-4-3-10-5-8-11-1-2-12-8/h1-2,10H,3-6H2,(H2,9,13)(H,11,12). The van der Waals surface area contributed by atoms with Crippen molar-refractivity contribution in [3.05, 3.63) is 18.2 Å². The van der Waals surface area contributed by atoms with E-state index in [4.69, 9.17) is 10.5 Å². The molecule has 0 aromatic carbocycles. The number of nitrogens with zero attached hydrogens (tertiary/aromatic N) is 1. The van der Waals surface area contributed by atoms with E-state index < -0.39 is 5.91 Å². The fraction of sp³-hybridized carbons (Fsp3) is 0.500. The van der Waals surface area contributed by atoms with Crippen LogP contribution in [0.5, 0.6) is 0 Å². The summed E-state index contributed by atoms with van der Waals surface area (Å²) in [6.07, 6.45) is 3.46. The molecule has 1 aromatic heterocycles. The predicted octanol–water partition coefficient (Wildman–Crippen LogP) is -0.999. The van der Waals surface area contributed by atoms with Crippen LogP contribution in [0, 0.1) is 0 Å². The minimum Gasteiger partial charge on any atom is -0.370 e. The molecular weight excluding hydrogens is 184 g/mol. The lowest BCUT2D eigenvalue weighted by Gasteiger charge is -2.02. The number of ether oxygens (including phenoxy) is 1. The molecule has 0 radical (unpaired) electrons. The third-order valence-corrected chi connectivity index (χ3v) is 1.51. The summed E-state index contributed by atoms with van der Waals surface area (Å²) in [6, 6.07) is 0. The average molecular weight is 198 g/mol. The van der Waals surface area contributed by atoms with Gasteiger partial charge in [-0.2, -0.15) is 0 Å². The van der Waals surface area contributed by atoms with Crippen LogP contribution >= 0.6 is 0 Å². The fourth-order valence-corrected chi connectivity index (χ4v) is 0.919. The molecule has 4 N–H and O–H groups in total. The Morgan fingerprint density at radius 1 is 1.71 bits per heavy atom. The third kappa shape index (κ3) is 4.58. The first-order valence-electron chi connectivity index (χ1n) is 4.34. The second-order valence-corrected chi connectivity index (χ2v) is 2.73. The van der Waals surface area contributed by atoms with Gasteiger partial charge in [-0.25, -0.2) is 4.98 Å². The number of primary amides is 1. The number of aromatic nitrogens is 2. The van der Waals surface area contributed by atoms with Gasteiger partial charge in [0.05, 0.1) is 13.2 Å². The van der Waals surface area contributed by atoms with E-state index in [-0.39, 0.29) is 6.61 Å². The van der Waals surface area contributed by atoms with Crippen molar-refractivity contribution < 1.29 is 9.53 Å². The van der Waals surface area contributed by atoms with E-state index in [1.807, 2.05) is 0 Å². The van der Waals surface area contributed by atoms with Crippen LogP contribution in [0.2, 0.25) is 0 Å². The molecule has 0 fully saturated rings. The molecule has 0 aliphatic heterocycles. The van der Waals surface area contributed by atoms with Crippen LogP contribution in [0.15, 0.2) is 12.4 Å². The molecule has 1 heterocycles. The van der Waals surface area contributed by atoms with Crippen molar-refractivity contribution in [3.63, 3.8) is 0 Å². The number of imidazole rings is 1. The molecule has 0 aliphatic rings. The van der Waals surface area contributed by atoms with Gasteiger partial charge in [0.2, 0.25) is 5.91 Å². The highest BCUT2D eigenvalue weighted by atomic mass is 16.5. The van der Waals surface area contributed by atoms with E-state index in [0.29, 0.717) is 19.7 Å². The van der Waals surface area contributed by atoms with Gasteiger partial charge in [0.1, 0.15) is 12.4 Å². The van der Waals surface area contributed by atoms with Crippen LogP contribution in [-0.2, 0) is 16.1 Å². The molecular formula is C8H14N4O2. The van der Waals surface area contributed by atoms with Crippen LogP contribution in [0.1, 0.15) is 5.82 Å². The monoisotopic (exact) mass is 198 g/mol. The molecule has 6 heteroatoms. The number of carbonyl (C=O) groups is 1. The number of nitrogens with two attached hydrogens (primary N) is 1. The Labute approximate surface area is 81.8 Å². The topological polar surface area (TPSA) is 93.0 Å². The molecule has 0 spiro atoms. The number of carbonyl (C=O) groups excluding carboxylic acids is 1. The summed E-state index contributed by atoms with van der Waals surface area (Å²) in [4.78, 5) is 17.3. The second-order valence-electron chi connectivity index (χ2n) is 2.73. The molecule has 78 valence electrons. The molecule has 1 rings (SSSR count). The normalized spacial score (nSPS) is 10.3. The first-order chi connectivity index (χ1) is 6.79. The summed E-state index contributed by atoms with van der Waals surface area (Å²) in [7, 11) is 0. The highest BCUT2D eigenvalue weighted by Crippen LogP contribution is 1.85. The number of nitrogens with one attached hydrogen (secondary N) is 2. The lowest BCUT2D eigenvalue weighted by Crippen LogP contribution is -2.24. The van der Waals surface area contributed by atoms with Crippen LogP contribution in [0.3, 0.4) is 0 Å². The molecule has 0 saturated carbocycles. The number of hydrogen-bond donors (Lipinski definition) is 3. The van der Waals surface area contributed by atoms with Crippen LogP contribution in [0.4, 0.5) is 0 Å². The van der Waals surface area contributed by atoms with E-state index in [1.54, 1.807) is 12.4 Å². The molecule has 0 saturated heterocycles. The summed E-state index contributed by atoms with van der Waals surface area (Å²) in [5, 5.41) is 3.09. The molecule has 1 amide bonds. The SMILES string of the molecule is NC(=O)COCCNCc1ncc[nH]1. The average Bonchev–Trinajstić information content (AvgIpc) is 2.63. The molecule has 0 bridgehead atoms. The Hall–Kier alpha value is -1.40. The lowest BCUT2D eigenvalue weighted by atomic mass is 10.5. The molecule has 0 unspecified atom stereocenters. The van der Waals surface area contributed by atoms with Gasteiger partial charge in [-0.05, 0) is 0 Å². The van der Waals surface area contributed by atoms with E-state index >= 15 is 0 Å². The molecule has 14 heavy (non-hydrogen) atoms. The van der Waals surface area contributed by atoms with Gasteiger partial charge in [0, 0.05) is 18.9 Å². The lowest BCUT2D eigenvalue weighted by molar-refractivity contribution is -0.122. The van der Waals surface area contributed by atoms with Crippen molar-refractivity contribution in [2.45, 2.75) is 6.54 Å². The number of amides is 1. The first kappa shape index (κ1) is 10.7. The van der Waals surface area contributed by atoms with Crippen LogP contribution in [0.25, 0.3) is 0 Å². The van der Waals surface area contributed by atoms with E-state index in [0.717, 1.165) is 5.82 Å². The minimum atomic E-state index is -0.448. The van der Waals surface area contributed by atoms with Crippen molar-refractivity contribution in [2.24, 2.45) is 5.73 Å². The maximum atomic E-state index is 10.3. The Bertz CT molecular complexity index is 260. The summed E-state index contributed by atoms with van der Waals surface area (Å²) >= 11 is 0. The molecule has 6 nitrogen and oxygen atoms in total. The Balaban J connectivity index is 1.92. The van der Waals surface area contributed by atoms with Gasteiger partial charge < -0.3 is 20.8 Å². The number of aromatic amines is 1. The summed E-state index contributed by atoms with van der Waals surface area (Å²) in [5.74, 6) is 0.427. The predicted molar refractivity (Wildman–Crippen MR) is 50.3 cm³/mol. The maximum absolute atomic E-state index is 10.3. The molecule has 1 aromatic rings. The van der Waals surface area contributed by atoms with Crippen LogP contribution < -0.4 is 11.1 Å². The highest BCUT2D eigenvalue weighted by Gasteiger charge is 1.95. The summed E-state index contributed by atoms with van der Waals surface area (Å²) in [5.41, 5.74) is 4.89.